The van der Waals surface area contributed by atoms with Crippen molar-refractivity contribution in [2.24, 2.45) is 5.41 Å². The second kappa shape index (κ2) is 5.85. The summed E-state index contributed by atoms with van der Waals surface area (Å²) in [6.45, 7) is 10.2. The molecule has 2 nitrogen and oxygen atoms in total. The van der Waals surface area contributed by atoms with Crippen molar-refractivity contribution in [2.75, 3.05) is 13.1 Å². The Hall–Kier alpha value is -0.860. The van der Waals surface area contributed by atoms with E-state index in [1.807, 2.05) is 0 Å². The van der Waals surface area contributed by atoms with Crippen LogP contribution in [0.2, 0.25) is 0 Å². The van der Waals surface area contributed by atoms with Gasteiger partial charge in [0.1, 0.15) is 0 Å². The number of piperidine rings is 1. The Morgan fingerprint density at radius 1 is 1.28 bits per heavy atom. The third-order valence-corrected chi connectivity index (χ3v) is 4.17. The van der Waals surface area contributed by atoms with E-state index in [0.29, 0.717) is 11.5 Å². The Morgan fingerprint density at radius 3 is 2.67 bits per heavy atom. The molecule has 0 radical (unpaired) electrons. The first-order valence-corrected chi connectivity index (χ1v) is 7.14. The van der Waals surface area contributed by atoms with Crippen LogP contribution in [0.25, 0.3) is 0 Å². The van der Waals surface area contributed by atoms with Crippen molar-refractivity contribution in [1.29, 1.82) is 0 Å². The van der Waals surface area contributed by atoms with E-state index in [2.05, 4.69) is 55.7 Å². The smallest absolute Gasteiger partial charge is 0.0211 e. The normalized spacial score (nSPS) is 22.9. The van der Waals surface area contributed by atoms with E-state index in [1.54, 1.807) is 0 Å². The van der Waals surface area contributed by atoms with Gasteiger partial charge in [-0.25, -0.2) is 0 Å². The highest BCUT2D eigenvalue weighted by atomic mass is 15.0. The van der Waals surface area contributed by atoms with E-state index in [-0.39, 0.29) is 0 Å². The van der Waals surface area contributed by atoms with Crippen molar-refractivity contribution in [3.05, 3.63) is 35.4 Å². The molecule has 0 amide bonds. The molecule has 2 heteroatoms. The molecule has 1 atom stereocenters. The number of nitrogens with one attached hydrogen (secondary N) is 2. The summed E-state index contributed by atoms with van der Waals surface area (Å²) < 4.78 is 0. The summed E-state index contributed by atoms with van der Waals surface area (Å²) in [5.41, 5.74) is 3.27. The van der Waals surface area contributed by atoms with Crippen molar-refractivity contribution in [3.8, 4) is 0 Å². The lowest BCUT2D eigenvalue weighted by Crippen LogP contribution is -2.52. The molecule has 2 rings (SSSR count). The number of benzene rings is 1. The van der Waals surface area contributed by atoms with Crippen molar-refractivity contribution >= 4 is 0 Å². The van der Waals surface area contributed by atoms with Gasteiger partial charge in [0.05, 0.1) is 0 Å². The zero-order valence-electron chi connectivity index (χ0n) is 11.9. The number of aryl methyl sites for hydroxylation is 1. The van der Waals surface area contributed by atoms with Gasteiger partial charge in [0, 0.05) is 19.1 Å². The Kier molecular flexibility index (Phi) is 4.41. The van der Waals surface area contributed by atoms with Crippen molar-refractivity contribution in [1.82, 2.24) is 10.6 Å². The van der Waals surface area contributed by atoms with E-state index in [4.69, 9.17) is 0 Å². The maximum absolute atomic E-state index is 3.76. The molecule has 0 bridgehead atoms. The molecular weight excluding hydrogens is 220 g/mol. The molecule has 1 aromatic carbocycles. The third kappa shape index (κ3) is 3.12. The molecule has 1 aliphatic heterocycles. The first-order chi connectivity index (χ1) is 8.63. The minimum absolute atomic E-state index is 0.347. The Balaban J connectivity index is 1.98. The van der Waals surface area contributed by atoms with Gasteiger partial charge in [0.2, 0.25) is 0 Å². The summed E-state index contributed by atoms with van der Waals surface area (Å²) in [6, 6.07) is 9.38. The topological polar surface area (TPSA) is 24.1 Å². The van der Waals surface area contributed by atoms with Crippen LogP contribution in [0.15, 0.2) is 24.3 Å². The second-order valence-corrected chi connectivity index (χ2v) is 6.01. The fourth-order valence-electron chi connectivity index (χ4n) is 2.86. The average molecular weight is 246 g/mol. The SMILES string of the molecule is CCc1ccccc1CNC1CCNCC1(C)C. The second-order valence-electron chi connectivity index (χ2n) is 6.01. The van der Waals surface area contributed by atoms with E-state index in [1.165, 1.54) is 17.5 Å². The lowest BCUT2D eigenvalue weighted by atomic mass is 9.80. The molecule has 18 heavy (non-hydrogen) atoms. The third-order valence-electron chi connectivity index (χ3n) is 4.17. The summed E-state index contributed by atoms with van der Waals surface area (Å²) in [7, 11) is 0. The largest absolute Gasteiger partial charge is 0.316 e. The van der Waals surface area contributed by atoms with Gasteiger partial charge in [0.15, 0.2) is 0 Å². The van der Waals surface area contributed by atoms with Crippen LogP contribution in [0, 0.1) is 5.41 Å². The van der Waals surface area contributed by atoms with E-state index >= 15 is 0 Å². The van der Waals surface area contributed by atoms with Gasteiger partial charge in [-0.2, -0.15) is 0 Å². The molecular formula is C16H26N2. The van der Waals surface area contributed by atoms with E-state index < -0.39 is 0 Å². The van der Waals surface area contributed by atoms with E-state index in [9.17, 15) is 0 Å². The Bertz CT molecular complexity index is 384. The lowest BCUT2D eigenvalue weighted by molar-refractivity contribution is 0.184. The molecule has 1 saturated heterocycles. The average Bonchev–Trinajstić information content (AvgIpc) is 2.37. The molecule has 1 heterocycles. The number of hydrogen-bond donors (Lipinski definition) is 2. The fraction of sp³-hybridized carbons (Fsp3) is 0.625. The monoisotopic (exact) mass is 246 g/mol. The zero-order chi connectivity index (χ0) is 13.0. The first-order valence-electron chi connectivity index (χ1n) is 7.14. The summed E-state index contributed by atoms with van der Waals surface area (Å²) in [4.78, 5) is 0. The maximum atomic E-state index is 3.76. The molecule has 0 saturated carbocycles. The number of hydrogen-bond acceptors (Lipinski definition) is 2. The summed E-state index contributed by atoms with van der Waals surface area (Å²) >= 11 is 0. The number of rotatable bonds is 4. The fourth-order valence-corrected chi connectivity index (χ4v) is 2.86. The summed E-state index contributed by atoms with van der Waals surface area (Å²) in [5, 5.41) is 7.25. The molecule has 2 N–H and O–H groups in total. The molecule has 0 aromatic heterocycles. The molecule has 1 aromatic rings. The first kappa shape index (κ1) is 13.6. The van der Waals surface area contributed by atoms with E-state index in [0.717, 1.165) is 26.1 Å². The lowest BCUT2D eigenvalue weighted by Gasteiger charge is -2.39. The van der Waals surface area contributed by atoms with Gasteiger partial charge in [-0.05, 0) is 35.9 Å². The molecule has 0 spiro atoms. The van der Waals surface area contributed by atoms with Crippen LogP contribution in [-0.2, 0) is 13.0 Å². The van der Waals surface area contributed by atoms with Crippen LogP contribution in [0.3, 0.4) is 0 Å². The van der Waals surface area contributed by atoms with Gasteiger partial charge in [0.25, 0.3) is 0 Å². The van der Waals surface area contributed by atoms with Crippen molar-refractivity contribution in [2.45, 2.75) is 46.2 Å². The molecule has 1 unspecified atom stereocenters. The van der Waals surface area contributed by atoms with Crippen molar-refractivity contribution in [3.63, 3.8) is 0 Å². The minimum Gasteiger partial charge on any atom is -0.316 e. The standard InChI is InChI=1S/C16H26N2/c1-4-13-7-5-6-8-14(13)11-18-15-9-10-17-12-16(15,2)3/h5-8,15,17-18H,4,9-12H2,1-3H3. The highest BCUT2D eigenvalue weighted by Crippen LogP contribution is 2.25. The van der Waals surface area contributed by atoms with Crippen LogP contribution in [-0.4, -0.2) is 19.1 Å². The maximum Gasteiger partial charge on any atom is 0.0211 e. The van der Waals surface area contributed by atoms with Gasteiger partial charge < -0.3 is 10.6 Å². The molecule has 100 valence electrons. The quantitative estimate of drug-likeness (QED) is 0.853. The summed E-state index contributed by atoms with van der Waals surface area (Å²) in [5.74, 6) is 0. The molecule has 0 aliphatic carbocycles. The van der Waals surface area contributed by atoms with Crippen LogP contribution >= 0.6 is 0 Å². The van der Waals surface area contributed by atoms with Crippen molar-refractivity contribution < 1.29 is 0 Å². The van der Waals surface area contributed by atoms with Crippen LogP contribution in [0.5, 0.6) is 0 Å². The zero-order valence-corrected chi connectivity index (χ0v) is 11.9. The molecule has 1 fully saturated rings. The highest BCUT2D eigenvalue weighted by molar-refractivity contribution is 5.26. The van der Waals surface area contributed by atoms with Gasteiger partial charge in [-0.3, -0.25) is 0 Å². The van der Waals surface area contributed by atoms with Gasteiger partial charge >= 0.3 is 0 Å². The van der Waals surface area contributed by atoms with Crippen LogP contribution in [0.4, 0.5) is 0 Å². The minimum atomic E-state index is 0.347. The molecule has 1 aliphatic rings. The summed E-state index contributed by atoms with van der Waals surface area (Å²) in [6.07, 6.45) is 2.34. The van der Waals surface area contributed by atoms with Crippen LogP contribution < -0.4 is 10.6 Å². The van der Waals surface area contributed by atoms with Gasteiger partial charge in [-0.15, -0.1) is 0 Å². The Labute approximate surface area is 111 Å². The predicted octanol–water partition coefficient (Wildman–Crippen LogP) is 2.73. The predicted molar refractivity (Wildman–Crippen MR) is 77.7 cm³/mol. The van der Waals surface area contributed by atoms with Gasteiger partial charge in [-0.1, -0.05) is 45.0 Å². The Morgan fingerprint density at radius 2 is 2.00 bits per heavy atom. The van der Waals surface area contributed by atoms with Crippen LogP contribution in [0.1, 0.15) is 38.3 Å². The highest BCUT2D eigenvalue weighted by Gasteiger charge is 2.31.